The lowest BCUT2D eigenvalue weighted by molar-refractivity contribution is 0.861. The predicted molar refractivity (Wildman–Crippen MR) is 230 cm³/mol. The van der Waals surface area contributed by atoms with E-state index in [-0.39, 0.29) is 6.04 Å². The minimum Gasteiger partial charge on any atom is -0.369 e. The number of para-hydroxylation sites is 3. The largest absolute Gasteiger partial charge is 0.369 e. The second kappa shape index (κ2) is 12.4. The van der Waals surface area contributed by atoms with Gasteiger partial charge in [0.1, 0.15) is 6.04 Å². The minimum atomic E-state index is -0.356. The first-order valence-electron chi connectivity index (χ1n) is 18.7. The van der Waals surface area contributed by atoms with Gasteiger partial charge in [0.05, 0.1) is 27.6 Å². The first-order chi connectivity index (χ1) is 27.2. The van der Waals surface area contributed by atoms with Crippen LogP contribution >= 0.6 is 0 Å². The fourth-order valence-electron chi connectivity index (χ4n) is 8.73. The summed E-state index contributed by atoms with van der Waals surface area (Å²) >= 11 is 0. The Morgan fingerprint density at radius 3 is 1.89 bits per heavy atom. The van der Waals surface area contributed by atoms with Gasteiger partial charge < -0.3 is 14.9 Å². The third-order valence-electron chi connectivity index (χ3n) is 11.2. The molecule has 0 radical (unpaired) electrons. The van der Waals surface area contributed by atoms with Crippen molar-refractivity contribution < 1.29 is 0 Å². The molecule has 0 fully saturated rings. The molecule has 0 amide bonds. The van der Waals surface area contributed by atoms with Crippen LogP contribution in [-0.2, 0) is 0 Å². The number of aliphatic imine (C=N–C) groups is 1. The molecule has 260 valence electrons. The van der Waals surface area contributed by atoms with Gasteiger partial charge in [-0.3, -0.25) is 4.57 Å². The Hall–Kier alpha value is -7.37. The van der Waals surface area contributed by atoms with E-state index >= 15 is 0 Å². The van der Waals surface area contributed by atoms with Gasteiger partial charge in [-0.2, -0.15) is 0 Å². The van der Waals surface area contributed by atoms with E-state index in [4.69, 9.17) is 10.7 Å². The Labute approximate surface area is 317 Å². The van der Waals surface area contributed by atoms with Crippen LogP contribution in [0.15, 0.2) is 199 Å². The van der Waals surface area contributed by atoms with E-state index in [1.807, 2.05) is 0 Å². The molecule has 5 heteroatoms. The van der Waals surface area contributed by atoms with E-state index < -0.39 is 0 Å². The second-order valence-electron chi connectivity index (χ2n) is 14.2. The summed E-state index contributed by atoms with van der Waals surface area (Å²) < 4.78 is 6.78. The van der Waals surface area contributed by atoms with Crippen LogP contribution in [-0.4, -0.2) is 19.7 Å². The molecule has 0 saturated heterocycles. The van der Waals surface area contributed by atoms with Crippen LogP contribution in [0.25, 0.3) is 76.7 Å². The molecule has 1 unspecified atom stereocenters. The van der Waals surface area contributed by atoms with Crippen LogP contribution in [0.1, 0.15) is 17.2 Å². The quantitative estimate of drug-likeness (QED) is 0.141. The van der Waals surface area contributed by atoms with Crippen LogP contribution in [0.2, 0.25) is 0 Å². The van der Waals surface area contributed by atoms with Crippen molar-refractivity contribution in [3.05, 3.63) is 205 Å². The number of hydrogen-bond acceptors (Lipinski definition) is 1. The van der Waals surface area contributed by atoms with Gasteiger partial charge >= 0.3 is 0 Å². The highest BCUT2D eigenvalue weighted by Crippen LogP contribution is 2.40. The van der Waals surface area contributed by atoms with Crippen LogP contribution < -0.4 is 5.73 Å². The van der Waals surface area contributed by atoms with Crippen molar-refractivity contribution in [2.24, 2.45) is 10.7 Å². The molecule has 8 aromatic carbocycles. The zero-order valence-corrected chi connectivity index (χ0v) is 29.9. The number of hydrogen-bond donors (Lipinski definition) is 1. The lowest BCUT2D eigenvalue weighted by atomic mass is 9.97. The summed E-state index contributed by atoms with van der Waals surface area (Å²) in [4.78, 5) is 5.51. The monoisotopic (exact) mass is 705 g/mol. The molecule has 5 nitrogen and oxygen atoms in total. The molecule has 0 aliphatic heterocycles. The number of rotatable bonds is 5. The smallest absolute Gasteiger partial charge is 0.201 e. The predicted octanol–water partition coefficient (Wildman–Crippen LogP) is 11.9. The molecule has 2 N–H and O–H groups in total. The van der Waals surface area contributed by atoms with Crippen molar-refractivity contribution >= 4 is 71.2 Å². The number of fused-ring (bicyclic) bond motifs is 10. The fraction of sp³-hybridized carbons (Fsp3) is 0.0200. The molecular formula is C50H35N5. The molecule has 0 aliphatic carbocycles. The van der Waals surface area contributed by atoms with Crippen molar-refractivity contribution in [3.63, 3.8) is 0 Å². The molecule has 3 heterocycles. The number of benzene rings is 8. The Morgan fingerprint density at radius 1 is 0.455 bits per heavy atom. The second-order valence-corrected chi connectivity index (χ2v) is 14.2. The van der Waals surface area contributed by atoms with E-state index in [1.165, 1.54) is 32.4 Å². The minimum absolute atomic E-state index is 0.356. The van der Waals surface area contributed by atoms with Gasteiger partial charge in [0, 0.05) is 44.5 Å². The summed E-state index contributed by atoms with van der Waals surface area (Å²) in [6, 6.07) is 66.3. The summed E-state index contributed by atoms with van der Waals surface area (Å²) in [6.45, 7) is 0. The molecule has 11 rings (SSSR count). The maximum atomic E-state index is 7.39. The Bertz CT molecular complexity index is 3260. The highest BCUT2D eigenvalue weighted by Gasteiger charge is 2.22. The third kappa shape index (κ3) is 4.83. The van der Waals surface area contributed by atoms with Gasteiger partial charge in [0.15, 0.2) is 0 Å². The summed E-state index contributed by atoms with van der Waals surface area (Å²) in [7, 11) is 0. The molecule has 0 bridgehead atoms. The Balaban J connectivity index is 1.17. The van der Waals surface area contributed by atoms with E-state index in [0.29, 0.717) is 5.96 Å². The van der Waals surface area contributed by atoms with Gasteiger partial charge in [0.25, 0.3) is 0 Å². The molecular weight excluding hydrogens is 671 g/mol. The third-order valence-corrected chi connectivity index (χ3v) is 11.2. The van der Waals surface area contributed by atoms with Crippen LogP contribution in [0.4, 0.5) is 0 Å². The number of nitrogens with two attached hydrogens (primary N) is 1. The Kier molecular flexibility index (Phi) is 7.01. The molecule has 1 atom stereocenters. The SMILES string of the molecule is NC(=NC(c1ccccc1)c1ccc2c(c1)c1ccccc1n2-c1ccccc1)n1c2ccc3ccccc3c2c2ccc3c(ccn3-c3ccccc3)c21. The lowest BCUT2D eigenvalue weighted by Gasteiger charge is -2.17. The van der Waals surface area contributed by atoms with Crippen molar-refractivity contribution in [2.75, 3.05) is 0 Å². The highest BCUT2D eigenvalue weighted by molar-refractivity contribution is 6.28. The maximum Gasteiger partial charge on any atom is 0.201 e. The molecule has 3 aromatic heterocycles. The van der Waals surface area contributed by atoms with E-state index in [9.17, 15) is 0 Å². The van der Waals surface area contributed by atoms with Gasteiger partial charge in [0.2, 0.25) is 5.96 Å². The summed E-state index contributed by atoms with van der Waals surface area (Å²) in [5, 5.41) is 8.20. The molecule has 0 aliphatic rings. The normalized spacial score (nSPS) is 12.8. The van der Waals surface area contributed by atoms with Crippen molar-refractivity contribution in [3.8, 4) is 11.4 Å². The zero-order chi connectivity index (χ0) is 36.5. The summed E-state index contributed by atoms with van der Waals surface area (Å²) in [5.74, 6) is 0.441. The summed E-state index contributed by atoms with van der Waals surface area (Å²) in [6.07, 6.45) is 2.15. The van der Waals surface area contributed by atoms with Gasteiger partial charge in [-0.15, -0.1) is 0 Å². The average Bonchev–Trinajstić information content (AvgIpc) is 3.94. The first kappa shape index (κ1) is 31.2. The van der Waals surface area contributed by atoms with Crippen LogP contribution in [0, 0.1) is 0 Å². The van der Waals surface area contributed by atoms with Gasteiger partial charge in [-0.1, -0.05) is 127 Å². The zero-order valence-electron chi connectivity index (χ0n) is 29.9. The molecule has 55 heavy (non-hydrogen) atoms. The molecule has 11 aromatic rings. The van der Waals surface area contributed by atoms with Crippen molar-refractivity contribution in [1.82, 2.24) is 13.7 Å². The first-order valence-corrected chi connectivity index (χ1v) is 18.7. The van der Waals surface area contributed by atoms with E-state index in [1.54, 1.807) is 0 Å². The van der Waals surface area contributed by atoms with Crippen molar-refractivity contribution in [2.45, 2.75) is 6.04 Å². The average molecular weight is 706 g/mol. The van der Waals surface area contributed by atoms with Gasteiger partial charge in [-0.05, 0) is 82.6 Å². The van der Waals surface area contributed by atoms with Crippen LogP contribution in [0.3, 0.4) is 0 Å². The van der Waals surface area contributed by atoms with Crippen molar-refractivity contribution in [1.29, 1.82) is 0 Å². The van der Waals surface area contributed by atoms with E-state index in [0.717, 1.165) is 55.3 Å². The Morgan fingerprint density at radius 2 is 1.09 bits per heavy atom. The lowest BCUT2D eigenvalue weighted by Crippen LogP contribution is -2.23. The topological polar surface area (TPSA) is 53.2 Å². The van der Waals surface area contributed by atoms with E-state index in [2.05, 4.69) is 208 Å². The highest BCUT2D eigenvalue weighted by atomic mass is 15.2. The maximum absolute atomic E-state index is 7.39. The molecule has 0 spiro atoms. The van der Waals surface area contributed by atoms with Gasteiger partial charge in [-0.25, -0.2) is 4.99 Å². The number of nitrogens with zero attached hydrogens (tertiary/aromatic N) is 4. The summed E-state index contributed by atoms with van der Waals surface area (Å²) in [5.41, 5.74) is 17.3. The standard InChI is InChI=1S/C50H35N5/c51-50(52-48(34-15-4-1-5-16-34)35-25-27-45-42(32-35)39-22-12-13-23-44(39)54(45)37-19-8-3-9-20-37)55-46-28-24-33-14-10-11-21-38(33)47(46)41-26-29-43-40(49(41)55)30-31-53(43)36-17-6-2-7-18-36/h1-32,48H,(H2,51,52). The number of aromatic nitrogens is 3. The van der Waals surface area contributed by atoms with Crippen LogP contribution in [0.5, 0.6) is 0 Å². The molecule has 0 saturated carbocycles. The fourth-order valence-corrected chi connectivity index (χ4v) is 8.73.